The van der Waals surface area contributed by atoms with Crippen LogP contribution in [0.5, 0.6) is 11.5 Å². The fourth-order valence-corrected chi connectivity index (χ4v) is 6.00. The average Bonchev–Trinajstić information content (AvgIpc) is 2.83. The summed E-state index contributed by atoms with van der Waals surface area (Å²) in [4.78, 5) is 0. The summed E-state index contributed by atoms with van der Waals surface area (Å²) in [6.45, 7) is 6.34. The van der Waals surface area contributed by atoms with Crippen LogP contribution in [0.2, 0.25) is 0 Å². The summed E-state index contributed by atoms with van der Waals surface area (Å²) in [5.74, 6) is 5.64. The fourth-order valence-electron chi connectivity index (χ4n) is 6.00. The molecule has 32 heavy (non-hydrogen) atoms. The highest BCUT2D eigenvalue weighted by Crippen LogP contribution is 2.34. The Bertz CT molecular complexity index is 579. The molecule has 1 aromatic rings. The molecule has 0 aromatic heterocycles. The van der Waals surface area contributed by atoms with Gasteiger partial charge in [0.1, 0.15) is 11.5 Å². The fraction of sp³-hybridized carbons (Fsp3) is 0.800. The van der Waals surface area contributed by atoms with E-state index in [2.05, 4.69) is 38.1 Å². The third-order valence-corrected chi connectivity index (χ3v) is 8.18. The standard InChI is InChI=1S/C30H50O2/c1-3-5-6-9-26-15-17-28(18-16-26)24-32-30-21-19-29(20-22-30)31-23-7-10-27-13-11-25(8-4-2)12-14-27/h19-22,25-28H,3-18,23-24H2,1-2H3. The minimum absolute atomic E-state index is 0.741. The molecule has 2 saturated carbocycles. The van der Waals surface area contributed by atoms with Gasteiger partial charge in [0.15, 0.2) is 0 Å². The van der Waals surface area contributed by atoms with E-state index in [0.717, 1.165) is 48.4 Å². The van der Waals surface area contributed by atoms with Crippen molar-refractivity contribution in [1.29, 1.82) is 0 Å². The van der Waals surface area contributed by atoms with Crippen LogP contribution in [-0.2, 0) is 0 Å². The molecule has 0 amide bonds. The van der Waals surface area contributed by atoms with Gasteiger partial charge < -0.3 is 9.47 Å². The Morgan fingerprint density at radius 1 is 0.562 bits per heavy atom. The Kier molecular flexibility index (Phi) is 11.8. The predicted octanol–water partition coefficient (Wildman–Crippen LogP) is 9.22. The van der Waals surface area contributed by atoms with Crippen LogP contribution < -0.4 is 9.47 Å². The van der Waals surface area contributed by atoms with Gasteiger partial charge in [-0.05, 0) is 73.6 Å². The summed E-state index contributed by atoms with van der Waals surface area (Å²) in [7, 11) is 0. The molecule has 0 aliphatic heterocycles. The third-order valence-electron chi connectivity index (χ3n) is 8.18. The predicted molar refractivity (Wildman–Crippen MR) is 137 cm³/mol. The molecule has 2 aliphatic carbocycles. The quantitative estimate of drug-likeness (QED) is 0.267. The largest absolute Gasteiger partial charge is 0.494 e. The molecule has 182 valence electrons. The van der Waals surface area contributed by atoms with Crippen LogP contribution in [0.4, 0.5) is 0 Å². The van der Waals surface area contributed by atoms with E-state index in [4.69, 9.17) is 9.47 Å². The van der Waals surface area contributed by atoms with Gasteiger partial charge in [0.2, 0.25) is 0 Å². The Balaban J connectivity index is 1.23. The van der Waals surface area contributed by atoms with E-state index in [1.165, 1.54) is 103 Å². The highest BCUT2D eigenvalue weighted by molar-refractivity contribution is 5.31. The van der Waals surface area contributed by atoms with Gasteiger partial charge >= 0.3 is 0 Å². The number of benzene rings is 1. The molecule has 2 nitrogen and oxygen atoms in total. The molecule has 0 N–H and O–H groups in total. The second-order valence-electron chi connectivity index (χ2n) is 10.8. The summed E-state index contributed by atoms with van der Waals surface area (Å²) in [5.41, 5.74) is 0. The molecule has 0 saturated heterocycles. The van der Waals surface area contributed by atoms with Crippen molar-refractivity contribution in [2.45, 2.75) is 117 Å². The SMILES string of the molecule is CCCCCC1CCC(COc2ccc(OCCCC3CCC(CCC)CC3)cc2)CC1. The molecule has 0 spiro atoms. The van der Waals surface area contributed by atoms with Crippen molar-refractivity contribution in [2.24, 2.45) is 23.7 Å². The molecule has 0 bridgehead atoms. The van der Waals surface area contributed by atoms with E-state index in [-0.39, 0.29) is 0 Å². The van der Waals surface area contributed by atoms with E-state index in [9.17, 15) is 0 Å². The van der Waals surface area contributed by atoms with E-state index in [1.54, 1.807) is 0 Å². The molecule has 2 fully saturated rings. The maximum Gasteiger partial charge on any atom is 0.119 e. The molecule has 1 aromatic carbocycles. The first-order valence-corrected chi connectivity index (χ1v) is 14.1. The first-order valence-electron chi connectivity index (χ1n) is 14.1. The number of unbranched alkanes of at least 4 members (excludes halogenated alkanes) is 2. The zero-order valence-electron chi connectivity index (χ0n) is 21.2. The molecule has 2 aliphatic rings. The third kappa shape index (κ3) is 9.36. The van der Waals surface area contributed by atoms with Crippen molar-refractivity contribution in [2.75, 3.05) is 13.2 Å². The maximum absolute atomic E-state index is 6.11. The molecular weight excluding hydrogens is 392 g/mol. The smallest absolute Gasteiger partial charge is 0.119 e. The summed E-state index contributed by atoms with van der Waals surface area (Å²) >= 11 is 0. The number of ether oxygens (including phenoxy) is 2. The van der Waals surface area contributed by atoms with Crippen molar-refractivity contribution < 1.29 is 9.47 Å². The highest BCUT2D eigenvalue weighted by atomic mass is 16.5. The van der Waals surface area contributed by atoms with Crippen molar-refractivity contribution >= 4 is 0 Å². The van der Waals surface area contributed by atoms with Crippen LogP contribution in [0.3, 0.4) is 0 Å². The van der Waals surface area contributed by atoms with Crippen LogP contribution >= 0.6 is 0 Å². The number of rotatable bonds is 14. The lowest BCUT2D eigenvalue weighted by Crippen LogP contribution is -2.20. The topological polar surface area (TPSA) is 18.5 Å². The van der Waals surface area contributed by atoms with Crippen molar-refractivity contribution in [3.05, 3.63) is 24.3 Å². The monoisotopic (exact) mass is 442 g/mol. The Morgan fingerprint density at radius 3 is 1.62 bits per heavy atom. The number of hydrogen-bond donors (Lipinski definition) is 0. The van der Waals surface area contributed by atoms with Crippen molar-refractivity contribution in [3.8, 4) is 11.5 Å². The van der Waals surface area contributed by atoms with E-state index in [0.29, 0.717) is 0 Å². The van der Waals surface area contributed by atoms with Gasteiger partial charge in [-0.3, -0.25) is 0 Å². The van der Waals surface area contributed by atoms with Gasteiger partial charge in [0, 0.05) is 0 Å². The first-order chi connectivity index (χ1) is 15.8. The molecule has 3 rings (SSSR count). The van der Waals surface area contributed by atoms with Crippen LogP contribution in [0.15, 0.2) is 24.3 Å². The van der Waals surface area contributed by atoms with Gasteiger partial charge in [-0.15, -0.1) is 0 Å². The van der Waals surface area contributed by atoms with Crippen molar-refractivity contribution in [1.82, 2.24) is 0 Å². The first kappa shape index (κ1) is 25.4. The lowest BCUT2D eigenvalue weighted by Gasteiger charge is -2.28. The molecule has 0 heterocycles. The van der Waals surface area contributed by atoms with Crippen LogP contribution in [0.25, 0.3) is 0 Å². The van der Waals surface area contributed by atoms with Crippen LogP contribution in [-0.4, -0.2) is 13.2 Å². The molecule has 0 atom stereocenters. The minimum atomic E-state index is 0.741. The van der Waals surface area contributed by atoms with Crippen LogP contribution in [0.1, 0.15) is 117 Å². The van der Waals surface area contributed by atoms with Gasteiger partial charge in [-0.1, -0.05) is 90.9 Å². The molecule has 0 unspecified atom stereocenters. The van der Waals surface area contributed by atoms with E-state index >= 15 is 0 Å². The lowest BCUT2D eigenvalue weighted by atomic mass is 9.78. The molecule has 0 radical (unpaired) electrons. The Morgan fingerprint density at radius 2 is 1.06 bits per heavy atom. The zero-order chi connectivity index (χ0) is 22.4. The van der Waals surface area contributed by atoms with Crippen molar-refractivity contribution in [3.63, 3.8) is 0 Å². The highest BCUT2D eigenvalue weighted by Gasteiger charge is 2.22. The maximum atomic E-state index is 6.11. The summed E-state index contributed by atoms with van der Waals surface area (Å²) < 4.78 is 12.1. The zero-order valence-corrected chi connectivity index (χ0v) is 21.2. The van der Waals surface area contributed by atoms with E-state index < -0.39 is 0 Å². The van der Waals surface area contributed by atoms with Crippen LogP contribution in [0, 0.1) is 23.7 Å². The van der Waals surface area contributed by atoms with Gasteiger partial charge in [0.25, 0.3) is 0 Å². The second kappa shape index (κ2) is 14.9. The molecular formula is C30H50O2. The summed E-state index contributed by atoms with van der Waals surface area (Å²) in [6, 6.07) is 8.33. The Labute approximate surface area is 198 Å². The second-order valence-corrected chi connectivity index (χ2v) is 10.8. The van der Waals surface area contributed by atoms with Gasteiger partial charge in [-0.25, -0.2) is 0 Å². The van der Waals surface area contributed by atoms with Gasteiger partial charge in [0.05, 0.1) is 13.2 Å². The number of hydrogen-bond acceptors (Lipinski definition) is 2. The molecule has 2 heteroatoms. The lowest BCUT2D eigenvalue weighted by molar-refractivity contribution is 0.177. The Hall–Kier alpha value is -1.18. The van der Waals surface area contributed by atoms with Gasteiger partial charge in [-0.2, -0.15) is 0 Å². The average molecular weight is 443 g/mol. The van der Waals surface area contributed by atoms with E-state index in [1.807, 2.05) is 0 Å². The minimum Gasteiger partial charge on any atom is -0.494 e. The summed E-state index contributed by atoms with van der Waals surface area (Å²) in [5, 5.41) is 0. The summed E-state index contributed by atoms with van der Waals surface area (Å²) in [6.07, 6.45) is 22.2. The normalized spacial score (nSPS) is 26.1.